The number of rotatable bonds is 0. The highest BCUT2D eigenvalue weighted by molar-refractivity contribution is 6.13. The summed E-state index contributed by atoms with van der Waals surface area (Å²) in [6.45, 7) is 1.83. The largest absolute Gasteiger partial charge is 0.355 e. The molecule has 1 aliphatic carbocycles. The minimum atomic E-state index is -2.31. The molecule has 12 heavy (non-hydrogen) atoms. The van der Waals surface area contributed by atoms with Crippen molar-refractivity contribution < 1.29 is 9.50 Å². The van der Waals surface area contributed by atoms with Gasteiger partial charge in [-0.25, -0.2) is 4.39 Å². The molecule has 0 bridgehead atoms. The van der Waals surface area contributed by atoms with Gasteiger partial charge in [-0.3, -0.25) is 4.99 Å². The van der Waals surface area contributed by atoms with Gasteiger partial charge in [-0.1, -0.05) is 0 Å². The topological polar surface area (TPSA) is 32.6 Å². The molecule has 1 unspecified atom stereocenters. The molecule has 0 fully saturated rings. The Morgan fingerprint density at radius 3 is 3.08 bits per heavy atom. The molecule has 2 rings (SSSR count). The van der Waals surface area contributed by atoms with Gasteiger partial charge in [0, 0.05) is 11.3 Å². The highest BCUT2D eigenvalue weighted by Crippen LogP contribution is 2.26. The molecule has 0 aromatic rings. The van der Waals surface area contributed by atoms with E-state index in [0.29, 0.717) is 5.57 Å². The quantitative estimate of drug-likeness (QED) is 0.579. The van der Waals surface area contributed by atoms with Gasteiger partial charge in [-0.05, 0) is 31.2 Å². The van der Waals surface area contributed by atoms with Crippen LogP contribution in [0.1, 0.15) is 6.92 Å². The standard InChI is InChI=1S/C9H8FNO/c1-6-4-7-5-9(10,12)3-2-8(7)11-6/h2-5,12H,1H3. The predicted molar refractivity (Wildman–Crippen MR) is 44.5 cm³/mol. The Kier molecular flexibility index (Phi) is 1.32. The van der Waals surface area contributed by atoms with Crippen molar-refractivity contribution in [3.05, 3.63) is 35.6 Å². The van der Waals surface area contributed by atoms with Crippen molar-refractivity contribution in [1.82, 2.24) is 0 Å². The maximum Gasteiger partial charge on any atom is 0.246 e. The Hall–Kier alpha value is -1.22. The molecule has 0 radical (unpaired) electrons. The molecule has 0 aromatic carbocycles. The summed E-state index contributed by atoms with van der Waals surface area (Å²) in [7, 11) is 0. The monoisotopic (exact) mass is 165 g/mol. The van der Waals surface area contributed by atoms with Gasteiger partial charge >= 0.3 is 0 Å². The number of fused-ring (bicyclic) bond motifs is 1. The zero-order chi connectivity index (χ0) is 8.77. The van der Waals surface area contributed by atoms with E-state index in [4.69, 9.17) is 5.11 Å². The molecule has 0 spiro atoms. The first kappa shape index (κ1) is 7.43. The summed E-state index contributed by atoms with van der Waals surface area (Å²) in [6.07, 6.45) is 5.47. The summed E-state index contributed by atoms with van der Waals surface area (Å²) in [5, 5.41) is 8.99. The molecular weight excluding hydrogens is 157 g/mol. The second kappa shape index (κ2) is 2.14. The Balaban J connectivity index is 2.46. The highest BCUT2D eigenvalue weighted by atomic mass is 19.2. The molecule has 0 aromatic heterocycles. The van der Waals surface area contributed by atoms with Gasteiger partial charge in [0.2, 0.25) is 5.85 Å². The maximum atomic E-state index is 12.9. The number of aliphatic imine (C=N–C) groups is 1. The van der Waals surface area contributed by atoms with Crippen LogP contribution in [0.2, 0.25) is 0 Å². The first-order valence-corrected chi connectivity index (χ1v) is 3.68. The van der Waals surface area contributed by atoms with E-state index in [1.165, 1.54) is 6.08 Å². The van der Waals surface area contributed by atoms with Crippen LogP contribution in [-0.4, -0.2) is 16.7 Å². The Bertz CT molecular complexity index is 348. The van der Waals surface area contributed by atoms with Crippen LogP contribution in [-0.2, 0) is 0 Å². The molecule has 1 heterocycles. The van der Waals surface area contributed by atoms with E-state index in [-0.39, 0.29) is 0 Å². The summed E-state index contributed by atoms with van der Waals surface area (Å²) in [6, 6.07) is 0. The number of nitrogens with zero attached hydrogens (tertiary/aromatic N) is 1. The molecule has 2 aliphatic rings. The van der Waals surface area contributed by atoms with Crippen LogP contribution in [0.5, 0.6) is 0 Å². The van der Waals surface area contributed by atoms with Gasteiger partial charge in [0.05, 0.1) is 5.71 Å². The van der Waals surface area contributed by atoms with Crippen molar-refractivity contribution in [2.24, 2.45) is 4.99 Å². The average Bonchev–Trinajstić information content (AvgIpc) is 2.26. The van der Waals surface area contributed by atoms with Crippen LogP contribution in [0.4, 0.5) is 4.39 Å². The van der Waals surface area contributed by atoms with Crippen LogP contribution in [0.15, 0.2) is 40.6 Å². The van der Waals surface area contributed by atoms with Crippen molar-refractivity contribution in [2.75, 3.05) is 0 Å². The summed E-state index contributed by atoms with van der Waals surface area (Å²) in [5.41, 5.74) is 2.20. The van der Waals surface area contributed by atoms with Gasteiger partial charge in [-0.15, -0.1) is 0 Å². The van der Waals surface area contributed by atoms with Crippen molar-refractivity contribution >= 4 is 5.71 Å². The number of halogens is 1. The molecule has 1 N–H and O–H groups in total. The smallest absolute Gasteiger partial charge is 0.246 e. The SMILES string of the molecule is CC1=CC2=CC(O)(F)C=CC2=N1. The van der Waals surface area contributed by atoms with Crippen molar-refractivity contribution in [2.45, 2.75) is 12.8 Å². The number of hydrogen-bond acceptors (Lipinski definition) is 2. The maximum absolute atomic E-state index is 12.9. The third-order valence-electron chi connectivity index (χ3n) is 1.79. The second-order valence-electron chi connectivity index (χ2n) is 2.94. The van der Waals surface area contributed by atoms with Gasteiger partial charge in [0.1, 0.15) is 0 Å². The lowest BCUT2D eigenvalue weighted by atomic mass is 10.0. The van der Waals surface area contributed by atoms with Crippen molar-refractivity contribution in [3.63, 3.8) is 0 Å². The fourth-order valence-corrected chi connectivity index (χ4v) is 1.30. The fourth-order valence-electron chi connectivity index (χ4n) is 1.30. The van der Waals surface area contributed by atoms with Gasteiger partial charge in [-0.2, -0.15) is 0 Å². The average molecular weight is 165 g/mol. The number of hydrogen-bond donors (Lipinski definition) is 1. The van der Waals surface area contributed by atoms with Gasteiger partial charge < -0.3 is 5.11 Å². The van der Waals surface area contributed by atoms with E-state index in [2.05, 4.69) is 4.99 Å². The van der Waals surface area contributed by atoms with E-state index in [0.717, 1.165) is 23.6 Å². The van der Waals surface area contributed by atoms with Gasteiger partial charge in [0.15, 0.2) is 0 Å². The minimum Gasteiger partial charge on any atom is -0.355 e. The van der Waals surface area contributed by atoms with E-state index >= 15 is 0 Å². The van der Waals surface area contributed by atoms with E-state index in [1.54, 1.807) is 6.08 Å². The molecule has 2 nitrogen and oxygen atoms in total. The molecule has 0 amide bonds. The molecule has 3 heteroatoms. The first-order chi connectivity index (χ1) is 5.57. The Morgan fingerprint density at radius 1 is 1.58 bits per heavy atom. The molecule has 1 atom stereocenters. The van der Waals surface area contributed by atoms with Gasteiger partial charge in [0.25, 0.3) is 0 Å². The summed E-state index contributed by atoms with van der Waals surface area (Å²) >= 11 is 0. The molecule has 0 saturated heterocycles. The zero-order valence-corrected chi connectivity index (χ0v) is 6.58. The van der Waals surface area contributed by atoms with Crippen LogP contribution >= 0.6 is 0 Å². The Morgan fingerprint density at radius 2 is 2.33 bits per heavy atom. The lowest BCUT2D eigenvalue weighted by Gasteiger charge is -2.14. The van der Waals surface area contributed by atoms with Crippen LogP contribution in [0.3, 0.4) is 0 Å². The highest BCUT2D eigenvalue weighted by Gasteiger charge is 2.26. The molecule has 0 saturated carbocycles. The third-order valence-corrected chi connectivity index (χ3v) is 1.79. The zero-order valence-electron chi connectivity index (χ0n) is 6.58. The summed E-state index contributed by atoms with van der Waals surface area (Å²) < 4.78 is 12.9. The molecule has 1 aliphatic heterocycles. The molecule has 62 valence electrons. The number of allylic oxidation sites excluding steroid dienone is 4. The predicted octanol–water partition coefficient (Wildman–Crippen LogP) is 1.50. The second-order valence-corrected chi connectivity index (χ2v) is 2.94. The van der Waals surface area contributed by atoms with Crippen molar-refractivity contribution in [1.29, 1.82) is 0 Å². The van der Waals surface area contributed by atoms with Crippen LogP contribution in [0, 0.1) is 0 Å². The van der Waals surface area contributed by atoms with E-state index in [1.807, 2.05) is 6.92 Å². The normalized spacial score (nSPS) is 32.4. The van der Waals surface area contributed by atoms with E-state index in [9.17, 15) is 4.39 Å². The summed E-state index contributed by atoms with van der Waals surface area (Å²) in [4.78, 5) is 4.12. The third kappa shape index (κ3) is 1.12. The van der Waals surface area contributed by atoms with Crippen molar-refractivity contribution in [3.8, 4) is 0 Å². The number of aliphatic hydroxyl groups is 1. The first-order valence-electron chi connectivity index (χ1n) is 3.68. The van der Waals surface area contributed by atoms with Crippen LogP contribution < -0.4 is 0 Å². The molecular formula is C9H8FNO. The Labute approximate surface area is 69.4 Å². The number of alkyl halides is 1. The lowest BCUT2D eigenvalue weighted by molar-refractivity contribution is 0.00603. The fraction of sp³-hybridized carbons (Fsp3) is 0.222. The minimum absolute atomic E-state index is 0.653. The lowest BCUT2D eigenvalue weighted by Crippen LogP contribution is -2.20. The van der Waals surface area contributed by atoms with Crippen LogP contribution in [0.25, 0.3) is 0 Å². The summed E-state index contributed by atoms with van der Waals surface area (Å²) in [5.74, 6) is -2.31. The van der Waals surface area contributed by atoms with E-state index < -0.39 is 5.85 Å².